The maximum absolute atomic E-state index is 11.9. The van der Waals surface area contributed by atoms with Crippen molar-refractivity contribution >= 4 is 27.6 Å². The van der Waals surface area contributed by atoms with E-state index in [2.05, 4.69) is 21.2 Å². The summed E-state index contributed by atoms with van der Waals surface area (Å²) < 4.78 is 6.01. The fourth-order valence-electron chi connectivity index (χ4n) is 2.54. The van der Waals surface area contributed by atoms with Gasteiger partial charge in [-0.15, -0.1) is 0 Å². The summed E-state index contributed by atoms with van der Waals surface area (Å²) in [5.74, 6) is -0.254. The van der Waals surface area contributed by atoms with Crippen molar-refractivity contribution in [1.29, 1.82) is 0 Å². The third-order valence-electron chi connectivity index (χ3n) is 3.58. The molecule has 0 saturated heterocycles. The summed E-state index contributed by atoms with van der Waals surface area (Å²) in [7, 11) is 0. The maximum atomic E-state index is 11.9. The van der Waals surface area contributed by atoms with Crippen LogP contribution in [-0.2, 0) is 4.74 Å². The van der Waals surface area contributed by atoms with Gasteiger partial charge in [0, 0.05) is 16.2 Å². The smallest absolute Gasteiger partial charge is 0.338 e. The van der Waals surface area contributed by atoms with Crippen molar-refractivity contribution < 1.29 is 9.53 Å². The Morgan fingerprint density at radius 2 is 2.11 bits per heavy atom. The molecule has 2 rings (SSSR count). The van der Waals surface area contributed by atoms with Crippen molar-refractivity contribution in [1.82, 2.24) is 0 Å². The highest BCUT2D eigenvalue weighted by atomic mass is 79.9. The van der Waals surface area contributed by atoms with Gasteiger partial charge in [0.05, 0.1) is 12.2 Å². The van der Waals surface area contributed by atoms with Crippen LogP contribution in [0.2, 0.25) is 0 Å². The number of hydrogen-bond donors (Lipinski definition) is 1. The van der Waals surface area contributed by atoms with E-state index in [-0.39, 0.29) is 5.97 Å². The predicted molar refractivity (Wildman–Crippen MR) is 80.7 cm³/mol. The van der Waals surface area contributed by atoms with Crippen molar-refractivity contribution in [2.45, 2.75) is 45.6 Å². The lowest BCUT2D eigenvalue weighted by Crippen LogP contribution is -2.17. The molecule has 104 valence electrons. The quantitative estimate of drug-likeness (QED) is 0.839. The van der Waals surface area contributed by atoms with Crippen LogP contribution in [-0.4, -0.2) is 18.6 Å². The van der Waals surface area contributed by atoms with E-state index < -0.39 is 0 Å². The van der Waals surface area contributed by atoms with Crippen LogP contribution in [0.4, 0.5) is 5.69 Å². The monoisotopic (exact) mass is 325 g/mol. The number of carbonyl (C=O) groups excluding carboxylic acids is 1. The molecule has 0 atom stereocenters. The first kappa shape index (κ1) is 14.4. The minimum Gasteiger partial charge on any atom is -0.462 e. The molecule has 0 amide bonds. The Labute approximate surface area is 122 Å². The van der Waals surface area contributed by atoms with E-state index in [1.165, 1.54) is 25.7 Å². The van der Waals surface area contributed by atoms with Gasteiger partial charge in [0.15, 0.2) is 0 Å². The second-order valence-electron chi connectivity index (χ2n) is 4.97. The average molecular weight is 326 g/mol. The maximum Gasteiger partial charge on any atom is 0.338 e. The van der Waals surface area contributed by atoms with Gasteiger partial charge in [-0.2, -0.15) is 0 Å². The Balaban J connectivity index is 2.25. The van der Waals surface area contributed by atoms with Crippen LogP contribution in [0.15, 0.2) is 16.6 Å². The number of esters is 1. The first-order valence-electron chi connectivity index (χ1n) is 6.85. The summed E-state index contributed by atoms with van der Waals surface area (Å²) in [6.07, 6.45) is 4.99. The molecule has 19 heavy (non-hydrogen) atoms. The lowest BCUT2D eigenvalue weighted by molar-refractivity contribution is 0.0525. The molecule has 1 fully saturated rings. The summed E-state index contributed by atoms with van der Waals surface area (Å²) in [6, 6.07) is 4.40. The topological polar surface area (TPSA) is 38.3 Å². The minimum atomic E-state index is -0.254. The highest BCUT2D eigenvalue weighted by Crippen LogP contribution is 2.29. The average Bonchev–Trinajstić information content (AvgIpc) is 2.86. The Kier molecular flexibility index (Phi) is 4.86. The fourth-order valence-corrected chi connectivity index (χ4v) is 3.00. The Morgan fingerprint density at radius 3 is 2.74 bits per heavy atom. The predicted octanol–water partition coefficient (Wildman–Crippen LogP) is 4.29. The van der Waals surface area contributed by atoms with Gasteiger partial charge in [0.2, 0.25) is 0 Å². The highest BCUT2D eigenvalue weighted by Gasteiger charge is 2.19. The van der Waals surface area contributed by atoms with Crippen LogP contribution in [0.25, 0.3) is 0 Å². The van der Waals surface area contributed by atoms with Crippen molar-refractivity contribution in [3.63, 3.8) is 0 Å². The molecule has 1 N–H and O–H groups in total. The van der Waals surface area contributed by atoms with E-state index in [4.69, 9.17) is 4.74 Å². The molecule has 0 heterocycles. The second-order valence-corrected chi connectivity index (χ2v) is 5.89. The zero-order valence-electron chi connectivity index (χ0n) is 11.5. The summed E-state index contributed by atoms with van der Waals surface area (Å²) in [5.41, 5.74) is 2.63. The van der Waals surface area contributed by atoms with Gasteiger partial charge >= 0.3 is 5.97 Å². The molecule has 1 aliphatic carbocycles. The number of benzene rings is 1. The molecule has 0 aromatic heterocycles. The van der Waals surface area contributed by atoms with E-state index in [0.29, 0.717) is 18.2 Å². The van der Waals surface area contributed by atoms with Gasteiger partial charge < -0.3 is 10.1 Å². The molecule has 0 spiro atoms. The molecule has 1 saturated carbocycles. The fraction of sp³-hybridized carbons (Fsp3) is 0.533. The number of hydrogen-bond acceptors (Lipinski definition) is 3. The summed E-state index contributed by atoms with van der Waals surface area (Å²) in [6.45, 7) is 4.19. The van der Waals surface area contributed by atoms with Crippen molar-refractivity contribution in [2.75, 3.05) is 11.9 Å². The molecule has 1 aromatic carbocycles. The molecule has 3 nitrogen and oxygen atoms in total. The lowest BCUT2D eigenvalue weighted by Gasteiger charge is -2.18. The van der Waals surface area contributed by atoms with Gasteiger partial charge in [-0.3, -0.25) is 0 Å². The number of ether oxygens (including phenoxy) is 1. The zero-order valence-corrected chi connectivity index (χ0v) is 13.0. The number of halogens is 1. The van der Waals surface area contributed by atoms with Crippen LogP contribution < -0.4 is 5.32 Å². The van der Waals surface area contributed by atoms with E-state index in [9.17, 15) is 4.79 Å². The van der Waals surface area contributed by atoms with Crippen LogP contribution in [0.3, 0.4) is 0 Å². The third-order valence-corrected chi connectivity index (χ3v) is 4.04. The Morgan fingerprint density at radius 1 is 1.42 bits per heavy atom. The van der Waals surface area contributed by atoms with Crippen LogP contribution in [0.1, 0.15) is 48.5 Å². The van der Waals surface area contributed by atoms with Crippen molar-refractivity contribution in [3.8, 4) is 0 Å². The molecule has 4 heteroatoms. The van der Waals surface area contributed by atoms with Gasteiger partial charge in [-0.05, 0) is 44.4 Å². The number of rotatable bonds is 4. The van der Waals surface area contributed by atoms with E-state index in [0.717, 1.165) is 15.7 Å². The zero-order chi connectivity index (χ0) is 13.8. The first-order valence-corrected chi connectivity index (χ1v) is 7.65. The minimum absolute atomic E-state index is 0.254. The summed E-state index contributed by atoms with van der Waals surface area (Å²) in [5, 5.41) is 3.55. The molecular weight excluding hydrogens is 306 g/mol. The van der Waals surface area contributed by atoms with Gasteiger partial charge in [0.1, 0.15) is 0 Å². The highest BCUT2D eigenvalue weighted by molar-refractivity contribution is 9.10. The molecular formula is C15H20BrNO2. The van der Waals surface area contributed by atoms with Crippen molar-refractivity contribution in [3.05, 3.63) is 27.7 Å². The number of anilines is 1. The van der Waals surface area contributed by atoms with Gasteiger partial charge in [0.25, 0.3) is 0 Å². The van der Waals surface area contributed by atoms with Crippen molar-refractivity contribution in [2.24, 2.45) is 0 Å². The Bertz CT molecular complexity index is 467. The standard InChI is InChI=1S/C15H20BrNO2/c1-3-19-15(18)13-8-11(16)9-14(10(13)2)17-12-6-4-5-7-12/h8-9,12,17H,3-7H2,1-2H3. The van der Waals surface area contributed by atoms with Crippen LogP contribution in [0, 0.1) is 6.92 Å². The molecule has 0 bridgehead atoms. The molecule has 0 aliphatic heterocycles. The molecule has 1 aliphatic rings. The lowest BCUT2D eigenvalue weighted by atomic mass is 10.1. The molecule has 1 aromatic rings. The van der Waals surface area contributed by atoms with Gasteiger partial charge in [-0.25, -0.2) is 4.79 Å². The molecule has 0 unspecified atom stereocenters. The summed E-state index contributed by atoms with van der Waals surface area (Å²) >= 11 is 3.47. The first-order chi connectivity index (χ1) is 9.11. The normalized spacial score (nSPS) is 15.5. The summed E-state index contributed by atoms with van der Waals surface area (Å²) in [4.78, 5) is 11.9. The van der Waals surface area contributed by atoms with E-state index in [1.807, 2.05) is 26.0 Å². The van der Waals surface area contributed by atoms with E-state index in [1.54, 1.807) is 0 Å². The molecule has 0 radical (unpaired) electrons. The van der Waals surface area contributed by atoms with Gasteiger partial charge in [-0.1, -0.05) is 28.8 Å². The largest absolute Gasteiger partial charge is 0.462 e. The second kappa shape index (κ2) is 6.42. The number of nitrogens with one attached hydrogen (secondary N) is 1. The van der Waals surface area contributed by atoms with Crippen LogP contribution >= 0.6 is 15.9 Å². The number of carbonyl (C=O) groups is 1. The SMILES string of the molecule is CCOC(=O)c1cc(Br)cc(NC2CCCC2)c1C. The van der Waals surface area contributed by atoms with Crippen LogP contribution in [0.5, 0.6) is 0 Å². The third kappa shape index (κ3) is 3.50. The Hall–Kier alpha value is -1.03. The van der Waals surface area contributed by atoms with E-state index >= 15 is 0 Å².